The number of carbonyl (C=O) groups is 1. The van der Waals surface area contributed by atoms with Gasteiger partial charge < -0.3 is 9.90 Å². The Balaban J connectivity index is 2.22. The van der Waals surface area contributed by atoms with Gasteiger partial charge in [0.05, 0.1) is 0 Å². The Hall–Kier alpha value is -0.830. The summed E-state index contributed by atoms with van der Waals surface area (Å²) in [6.07, 6.45) is 4.32. The van der Waals surface area contributed by atoms with Crippen LogP contribution in [0.15, 0.2) is 24.3 Å². The number of hydrogen-bond acceptors (Lipinski definition) is 2. The van der Waals surface area contributed by atoms with Crippen LogP contribution < -0.4 is 5.11 Å². The van der Waals surface area contributed by atoms with Crippen LogP contribution in [0.25, 0.3) is 0 Å². The molecule has 1 aromatic rings. The van der Waals surface area contributed by atoms with E-state index in [2.05, 4.69) is 15.9 Å². The lowest BCUT2D eigenvalue weighted by atomic mass is 9.85. The van der Waals surface area contributed by atoms with E-state index >= 15 is 0 Å². The van der Waals surface area contributed by atoms with Crippen molar-refractivity contribution in [3.05, 3.63) is 35.4 Å². The number of halogens is 1. The smallest absolute Gasteiger partial charge is 0.0492 e. The van der Waals surface area contributed by atoms with Gasteiger partial charge in [-0.3, -0.25) is 0 Å². The van der Waals surface area contributed by atoms with E-state index in [4.69, 9.17) is 0 Å². The molecule has 1 unspecified atom stereocenters. The maximum Gasteiger partial charge on any atom is 0.0492 e. The average Bonchev–Trinajstić information content (AvgIpc) is 2.83. The molecule has 2 rings (SSSR count). The largest absolute Gasteiger partial charge is 0.549 e. The Bertz CT molecular complexity index is 380. The van der Waals surface area contributed by atoms with Crippen LogP contribution in [0.3, 0.4) is 0 Å². The summed E-state index contributed by atoms with van der Waals surface area (Å²) < 4.78 is 0. The van der Waals surface area contributed by atoms with E-state index in [0.29, 0.717) is 0 Å². The minimum atomic E-state index is -0.927. The molecule has 2 nitrogen and oxygen atoms in total. The van der Waals surface area contributed by atoms with Gasteiger partial charge in [-0.25, -0.2) is 0 Å². The third kappa shape index (κ3) is 2.89. The van der Waals surface area contributed by atoms with Crippen LogP contribution in [0.4, 0.5) is 0 Å². The lowest BCUT2D eigenvalue weighted by molar-refractivity contribution is -0.309. The van der Waals surface area contributed by atoms with E-state index < -0.39 is 11.9 Å². The van der Waals surface area contributed by atoms with Gasteiger partial charge in [0.25, 0.3) is 0 Å². The number of carboxylic acids is 1. The van der Waals surface area contributed by atoms with Crippen molar-refractivity contribution in [2.75, 3.05) is 0 Å². The molecule has 1 aromatic carbocycles. The van der Waals surface area contributed by atoms with Gasteiger partial charge in [-0.15, -0.1) is 0 Å². The number of carbonyl (C=O) groups excluding carboxylic acids is 1. The Kier molecular flexibility index (Phi) is 4.21. The van der Waals surface area contributed by atoms with E-state index in [1.54, 1.807) is 0 Å². The van der Waals surface area contributed by atoms with E-state index in [1.807, 2.05) is 24.3 Å². The highest BCUT2D eigenvalue weighted by molar-refractivity contribution is 9.08. The third-order valence-corrected chi connectivity index (χ3v) is 4.27. The van der Waals surface area contributed by atoms with Gasteiger partial charge in [-0.2, -0.15) is 0 Å². The Labute approximate surface area is 110 Å². The molecule has 1 fully saturated rings. The molecule has 0 aromatic heterocycles. The van der Waals surface area contributed by atoms with Crippen LogP contribution in [0, 0.1) is 5.92 Å². The first-order valence-electron chi connectivity index (χ1n) is 6.08. The Morgan fingerprint density at radius 1 is 1.29 bits per heavy atom. The van der Waals surface area contributed by atoms with Gasteiger partial charge in [-0.05, 0) is 29.9 Å². The molecule has 1 atom stereocenters. The second kappa shape index (κ2) is 5.67. The predicted molar refractivity (Wildman–Crippen MR) is 68.8 cm³/mol. The fraction of sp³-hybridized carbons (Fsp3) is 0.500. The third-order valence-electron chi connectivity index (χ3n) is 3.62. The molecule has 0 saturated heterocycles. The summed E-state index contributed by atoms with van der Waals surface area (Å²) in [6.45, 7) is 0. The molecule has 0 heterocycles. The van der Waals surface area contributed by atoms with Crippen molar-refractivity contribution >= 4 is 21.9 Å². The molecule has 1 aliphatic carbocycles. The highest BCUT2D eigenvalue weighted by Crippen LogP contribution is 2.37. The fourth-order valence-corrected chi connectivity index (χ4v) is 3.08. The first-order chi connectivity index (χ1) is 8.22. The summed E-state index contributed by atoms with van der Waals surface area (Å²) in [4.78, 5) is 11.3. The second-order valence-electron chi connectivity index (χ2n) is 4.72. The fourth-order valence-electron chi connectivity index (χ4n) is 2.71. The normalized spacial score (nSPS) is 18.2. The summed E-state index contributed by atoms with van der Waals surface area (Å²) in [5, 5.41) is 12.1. The molecule has 1 aliphatic rings. The highest BCUT2D eigenvalue weighted by Gasteiger charge is 2.27. The first kappa shape index (κ1) is 12.6. The van der Waals surface area contributed by atoms with Crippen molar-refractivity contribution in [3.8, 4) is 0 Å². The Morgan fingerprint density at radius 3 is 2.35 bits per heavy atom. The summed E-state index contributed by atoms with van der Waals surface area (Å²) in [5.41, 5.74) is 2.05. The summed E-state index contributed by atoms with van der Waals surface area (Å²) >= 11 is 3.39. The molecule has 0 aliphatic heterocycles. The summed E-state index contributed by atoms with van der Waals surface area (Å²) in [7, 11) is 0. The number of aliphatic carboxylic acids is 1. The minimum absolute atomic E-state index is 0.259. The molecule has 17 heavy (non-hydrogen) atoms. The highest BCUT2D eigenvalue weighted by atomic mass is 79.9. The van der Waals surface area contributed by atoms with Crippen molar-refractivity contribution in [1.29, 1.82) is 0 Å². The quantitative estimate of drug-likeness (QED) is 0.801. The van der Waals surface area contributed by atoms with Gasteiger partial charge in [0.2, 0.25) is 0 Å². The molecule has 0 bridgehead atoms. The minimum Gasteiger partial charge on any atom is -0.549 e. The maximum atomic E-state index is 11.3. The zero-order valence-corrected chi connectivity index (χ0v) is 11.3. The number of benzene rings is 1. The van der Waals surface area contributed by atoms with Crippen molar-refractivity contribution in [2.24, 2.45) is 5.92 Å². The Morgan fingerprint density at radius 2 is 1.88 bits per heavy atom. The molecule has 0 spiro atoms. The maximum absolute atomic E-state index is 11.3. The number of carboxylic acid groups (broad SMARTS) is 1. The monoisotopic (exact) mass is 295 g/mol. The first-order valence-corrected chi connectivity index (χ1v) is 7.20. The van der Waals surface area contributed by atoms with E-state index in [9.17, 15) is 9.90 Å². The van der Waals surface area contributed by atoms with Gasteiger partial charge in [0, 0.05) is 17.2 Å². The number of rotatable bonds is 4. The lowest BCUT2D eigenvalue weighted by Crippen LogP contribution is -2.33. The zero-order chi connectivity index (χ0) is 12.3. The molecular weight excluding hydrogens is 280 g/mol. The van der Waals surface area contributed by atoms with Crippen molar-refractivity contribution in [1.82, 2.24) is 0 Å². The topological polar surface area (TPSA) is 40.1 Å². The van der Waals surface area contributed by atoms with Gasteiger partial charge in [0.15, 0.2) is 0 Å². The van der Waals surface area contributed by atoms with Crippen LogP contribution in [-0.2, 0) is 10.1 Å². The SMILES string of the molecule is O=C([O-])C(c1ccc(CBr)cc1)C1CCCC1. The summed E-state index contributed by atoms with van der Waals surface area (Å²) in [6, 6.07) is 7.81. The van der Waals surface area contributed by atoms with Crippen LogP contribution >= 0.6 is 15.9 Å². The van der Waals surface area contributed by atoms with Gasteiger partial charge >= 0.3 is 0 Å². The second-order valence-corrected chi connectivity index (χ2v) is 5.28. The van der Waals surface area contributed by atoms with Crippen LogP contribution in [0.1, 0.15) is 42.7 Å². The van der Waals surface area contributed by atoms with Crippen LogP contribution in [-0.4, -0.2) is 5.97 Å². The van der Waals surface area contributed by atoms with Crippen molar-refractivity contribution in [3.63, 3.8) is 0 Å². The summed E-state index contributed by atoms with van der Waals surface area (Å²) in [5.74, 6) is -1.10. The number of hydrogen-bond donors (Lipinski definition) is 0. The molecule has 1 saturated carbocycles. The average molecular weight is 296 g/mol. The molecule has 3 heteroatoms. The van der Waals surface area contributed by atoms with Crippen molar-refractivity contribution in [2.45, 2.75) is 36.9 Å². The standard InChI is InChI=1S/C14H17BrO2/c15-9-10-5-7-12(8-6-10)13(14(16)17)11-3-1-2-4-11/h5-8,11,13H,1-4,9H2,(H,16,17)/p-1. The zero-order valence-electron chi connectivity index (χ0n) is 9.69. The van der Waals surface area contributed by atoms with Crippen molar-refractivity contribution < 1.29 is 9.90 Å². The van der Waals surface area contributed by atoms with Gasteiger partial charge in [-0.1, -0.05) is 53.0 Å². The molecular formula is C14H16BrO2-. The van der Waals surface area contributed by atoms with Gasteiger partial charge in [0.1, 0.15) is 0 Å². The predicted octanol–water partition coefficient (Wildman–Crippen LogP) is 2.61. The van der Waals surface area contributed by atoms with E-state index in [-0.39, 0.29) is 5.92 Å². The van der Waals surface area contributed by atoms with Crippen LogP contribution in [0.5, 0.6) is 0 Å². The number of alkyl halides is 1. The van der Waals surface area contributed by atoms with E-state index in [0.717, 1.165) is 42.1 Å². The van der Waals surface area contributed by atoms with E-state index in [1.165, 1.54) is 0 Å². The molecule has 92 valence electrons. The molecule has 0 amide bonds. The lowest BCUT2D eigenvalue weighted by Gasteiger charge is -2.25. The molecule has 0 N–H and O–H groups in total. The molecule has 0 radical (unpaired) electrons. The van der Waals surface area contributed by atoms with Crippen LogP contribution in [0.2, 0.25) is 0 Å².